The minimum atomic E-state index is 0.0201. The fraction of sp³-hybridized carbons (Fsp3) is 0.312. The Hall–Kier alpha value is -0.948. The average molecular weight is 296 g/mol. The van der Waals surface area contributed by atoms with Gasteiger partial charge in [-0.15, -0.1) is 0 Å². The molecule has 1 aliphatic carbocycles. The first kappa shape index (κ1) is 14.0. The molecular weight excluding hydrogens is 279 g/mol. The Balaban J connectivity index is 2.20. The van der Waals surface area contributed by atoms with E-state index in [-0.39, 0.29) is 5.41 Å². The molecule has 100 valence electrons. The van der Waals surface area contributed by atoms with Gasteiger partial charge in [0.05, 0.1) is 11.2 Å². The molecule has 3 rings (SSSR count). The van der Waals surface area contributed by atoms with Crippen LogP contribution in [0.1, 0.15) is 27.2 Å². The SMILES string of the molecule is CCC1=CC(C)(C)C(n2cc3ccccc3n2)=C1[S][Al]. The van der Waals surface area contributed by atoms with Crippen molar-refractivity contribution in [1.82, 2.24) is 9.78 Å². The molecule has 0 unspecified atom stereocenters. The van der Waals surface area contributed by atoms with E-state index in [4.69, 9.17) is 5.10 Å². The van der Waals surface area contributed by atoms with Crippen molar-refractivity contribution in [2.45, 2.75) is 27.2 Å². The smallest absolute Gasteiger partial charge is 0.241 e. The van der Waals surface area contributed by atoms with Crippen LogP contribution < -0.4 is 0 Å². The van der Waals surface area contributed by atoms with Gasteiger partial charge in [0.2, 0.25) is 15.2 Å². The zero-order valence-corrected chi connectivity index (χ0v) is 14.0. The molecule has 0 fully saturated rings. The number of aromatic nitrogens is 2. The molecule has 0 saturated carbocycles. The quantitative estimate of drug-likeness (QED) is 0.781. The van der Waals surface area contributed by atoms with Crippen molar-refractivity contribution in [3.8, 4) is 0 Å². The monoisotopic (exact) mass is 296 g/mol. The van der Waals surface area contributed by atoms with E-state index in [9.17, 15) is 0 Å². The predicted octanol–water partition coefficient (Wildman–Crippen LogP) is 4.40. The van der Waals surface area contributed by atoms with Crippen LogP contribution in [-0.2, 0) is 0 Å². The molecular formula is C16H17AlN2S. The van der Waals surface area contributed by atoms with Crippen molar-refractivity contribution in [3.63, 3.8) is 0 Å². The maximum Gasteiger partial charge on any atom is 0.241 e. The Labute approximate surface area is 131 Å². The van der Waals surface area contributed by atoms with E-state index in [1.165, 1.54) is 21.6 Å². The molecule has 2 aromatic rings. The summed E-state index contributed by atoms with van der Waals surface area (Å²) in [5.74, 6) is 0. The lowest BCUT2D eigenvalue weighted by molar-refractivity contribution is 0.605. The van der Waals surface area contributed by atoms with Crippen LogP contribution in [0.25, 0.3) is 16.6 Å². The lowest BCUT2D eigenvalue weighted by atomic mass is 9.92. The minimum absolute atomic E-state index is 0.0201. The van der Waals surface area contributed by atoms with E-state index in [0.717, 1.165) is 11.9 Å². The number of allylic oxidation sites excluding steroid dienone is 3. The second-order valence-corrected chi connectivity index (χ2v) is 7.02. The second-order valence-electron chi connectivity index (χ2n) is 5.67. The molecule has 0 saturated heterocycles. The topological polar surface area (TPSA) is 17.8 Å². The molecule has 0 bridgehead atoms. The summed E-state index contributed by atoms with van der Waals surface area (Å²) in [5, 5.41) is 5.95. The maximum absolute atomic E-state index is 4.76. The zero-order chi connectivity index (χ0) is 14.3. The fourth-order valence-electron chi connectivity index (χ4n) is 2.89. The van der Waals surface area contributed by atoms with Crippen LogP contribution in [-0.4, -0.2) is 24.9 Å². The lowest BCUT2D eigenvalue weighted by Crippen LogP contribution is -2.14. The third kappa shape index (κ3) is 2.16. The predicted molar refractivity (Wildman–Crippen MR) is 88.4 cm³/mol. The van der Waals surface area contributed by atoms with Gasteiger partial charge in [0.15, 0.2) is 0 Å². The normalized spacial score (nSPS) is 17.9. The van der Waals surface area contributed by atoms with Crippen LogP contribution >= 0.6 is 10.1 Å². The number of hydrogen-bond donors (Lipinski definition) is 0. The minimum Gasteiger partial charge on any atom is -0.252 e. The summed E-state index contributed by atoms with van der Waals surface area (Å²) in [7, 11) is 1.75. The molecule has 20 heavy (non-hydrogen) atoms. The Morgan fingerprint density at radius 3 is 2.70 bits per heavy atom. The van der Waals surface area contributed by atoms with Gasteiger partial charge < -0.3 is 0 Å². The summed E-state index contributed by atoms with van der Waals surface area (Å²) < 4.78 is 2.07. The van der Waals surface area contributed by atoms with E-state index < -0.39 is 0 Å². The Morgan fingerprint density at radius 2 is 2.05 bits per heavy atom. The van der Waals surface area contributed by atoms with Gasteiger partial charge in [-0.2, -0.15) is 5.10 Å². The van der Waals surface area contributed by atoms with Crippen molar-refractivity contribution >= 4 is 41.9 Å². The number of hydrogen-bond acceptors (Lipinski definition) is 2. The van der Waals surface area contributed by atoms with Gasteiger partial charge in [-0.3, -0.25) is 10.1 Å². The van der Waals surface area contributed by atoms with Gasteiger partial charge in [-0.25, -0.2) is 4.68 Å². The average Bonchev–Trinajstić information content (AvgIpc) is 2.95. The van der Waals surface area contributed by atoms with E-state index in [0.29, 0.717) is 0 Å². The van der Waals surface area contributed by atoms with Crippen LogP contribution in [0.2, 0.25) is 0 Å². The number of fused-ring (bicyclic) bond motifs is 1. The first-order chi connectivity index (χ1) is 9.56. The molecule has 1 aromatic heterocycles. The zero-order valence-electron chi connectivity index (χ0n) is 12.1. The third-order valence-corrected chi connectivity index (χ3v) is 5.19. The highest BCUT2D eigenvalue weighted by Crippen LogP contribution is 2.47. The molecule has 0 aliphatic heterocycles. The summed E-state index contributed by atoms with van der Waals surface area (Å²) in [6.07, 6.45) is 5.57. The molecule has 0 spiro atoms. The summed E-state index contributed by atoms with van der Waals surface area (Å²) >= 11 is 2.78. The molecule has 2 nitrogen and oxygen atoms in total. The Kier molecular flexibility index (Phi) is 3.58. The first-order valence-electron chi connectivity index (χ1n) is 6.85. The number of rotatable bonds is 3. The highest BCUT2D eigenvalue weighted by molar-refractivity contribution is 8.23. The van der Waals surface area contributed by atoms with Gasteiger partial charge >= 0.3 is 0 Å². The molecule has 0 N–H and O–H groups in total. The second kappa shape index (κ2) is 5.11. The Morgan fingerprint density at radius 1 is 1.30 bits per heavy atom. The van der Waals surface area contributed by atoms with Crippen molar-refractivity contribution in [2.75, 3.05) is 0 Å². The molecule has 2 radical (unpaired) electrons. The Bertz CT molecular complexity index is 692. The van der Waals surface area contributed by atoms with Crippen molar-refractivity contribution < 1.29 is 0 Å². The molecule has 0 atom stereocenters. The van der Waals surface area contributed by atoms with E-state index in [1.54, 1.807) is 10.1 Å². The third-order valence-electron chi connectivity index (χ3n) is 3.79. The summed E-state index contributed by atoms with van der Waals surface area (Å²) in [6.45, 7) is 6.74. The maximum atomic E-state index is 4.76. The van der Waals surface area contributed by atoms with Crippen LogP contribution in [0.4, 0.5) is 0 Å². The van der Waals surface area contributed by atoms with E-state index in [1.807, 2.05) is 6.07 Å². The largest absolute Gasteiger partial charge is 0.252 e. The standard InChI is InChI=1S/C16H18N2S.Al/c1-4-11-9-16(2,3)15(14(11)19)18-10-12-7-5-6-8-13(12)17-18;/h5-10,19H,4H2,1-3H3;/q;+1/p-1. The fourth-order valence-corrected chi connectivity index (χ4v) is 4.50. The van der Waals surface area contributed by atoms with Gasteiger partial charge in [0.1, 0.15) is 0 Å². The van der Waals surface area contributed by atoms with Gasteiger partial charge in [0.25, 0.3) is 0 Å². The van der Waals surface area contributed by atoms with E-state index >= 15 is 0 Å². The first-order valence-corrected chi connectivity index (χ1v) is 9.14. The van der Waals surface area contributed by atoms with E-state index in [2.05, 4.69) is 71.1 Å². The van der Waals surface area contributed by atoms with Gasteiger partial charge in [-0.05, 0) is 18.1 Å². The highest BCUT2D eigenvalue weighted by Gasteiger charge is 2.33. The molecule has 1 aromatic carbocycles. The summed E-state index contributed by atoms with van der Waals surface area (Å²) in [4.78, 5) is 1.34. The van der Waals surface area contributed by atoms with Crippen molar-refractivity contribution in [2.24, 2.45) is 5.41 Å². The van der Waals surface area contributed by atoms with Gasteiger partial charge in [-0.1, -0.05) is 45.0 Å². The van der Waals surface area contributed by atoms with Crippen LogP contribution in [0, 0.1) is 5.41 Å². The van der Waals surface area contributed by atoms with Gasteiger partial charge in [0, 0.05) is 21.9 Å². The molecule has 0 amide bonds. The number of nitrogens with zero attached hydrogens (tertiary/aromatic N) is 2. The highest BCUT2D eigenvalue weighted by atomic mass is 32.3. The van der Waals surface area contributed by atoms with Crippen LogP contribution in [0.5, 0.6) is 0 Å². The molecule has 1 aliphatic rings. The summed E-state index contributed by atoms with van der Waals surface area (Å²) in [6, 6.07) is 8.28. The summed E-state index contributed by atoms with van der Waals surface area (Å²) in [5.41, 5.74) is 3.77. The van der Waals surface area contributed by atoms with Crippen LogP contribution in [0.3, 0.4) is 0 Å². The molecule has 1 heterocycles. The number of benzene rings is 1. The van der Waals surface area contributed by atoms with Crippen molar-refractivity contribution in [3.05, 3.63) is 47.0 Å². The molecule has 4 heteroatoms. The lowest BCUT2D eigenvalue weighted by Gasteiger charge is -2.21. The van der Waals surface area contributed by atoms with Crippen molar-refractivity contribution in [1.29, 1.82) is 0 Å². The van der Waals surface area contributed by atoms with Crippen LogP contribution in [0.15, 0.2) is 47.0 Å².